The van der Waals surface area contributed by atoms with Crippen molar-refractivity contribution in [3.63, 3.8) is 0 Å². The van der Waals surface area contributed by atoms with Crippen LogP contribution in [0.5, 0.6) is 0 Å². The number of hydrogen-bond donors (Lipinski definition) is 2. The van der Waals surface area contributed by atoms with Gasteiger partial charge >= 0.3 is 20.1 Å². The van der Waals surface area contributed by atoms with E-state index in [0.29, 0.717) is 6.42 Å². The fourth-order valence-electron chi connectivity index (χ4n) is 12.5. The third-order valence-corrected chi connectivity index (χ3v) is 18.2. The third-order valence-electron chi connectivity index (χ3n) is 18.2. The van der Waals surface area contributed by atoms with E-state index in [2.05, 4.69) is 272 Å². The van der Waals surface area contributed by atoms with Crippen LogP contribution in [0.25, 0.3) is 132 Å². The number of benzene rings is 12. The van der Waals surface area contributed by atoms with E-state index in [1.54, 1.807) is 13.8 Å². The van der Waals surface area contributed by atoms with Crippen molar-refractivity contribution in [3.05, 3.63) is 398 Å². The van der Waals surface area contributed by atoms with E-state index in [-0.39, 0.29) is 52.4 Å². The van der Waals surface area contributed by atoms with Crippen molar-refractivity contribution in [3.8, 4) is 67.5 Å². The van der Waals surface area contributed by atoms with Gasteiger partial charge in [0.1, 0.15) is 0 Å². The Morgan fingerprint density at radius 2 is 0.432 bits per heavy atom. The topological polar surface area (TPSA) is 118 Å². The SMILES string of the molecule is CC(O)CC(C)O.Cc1c[c-]c(-c2nccc3ccccc23)cc1.Cc1c[c-]c(-c2nccc3ccccc23)cc1.Cc1c[c-]c(-c2nccc3ccccc23)cc1.Cc1c[c-]c(-c2nccc3ccccc23)cc1.Cc1c[c-]c(-c2nccc3ccccc23)cc1.Cc1ccc(-c2nccc3ccccc23)cc1.[Ir+3].[Ir]. The van der Waals surface area contributed by atoms with Gasteiger partial charge in [-0.2, -0.15) is 0 Å². The molecule has 111 heavy (non-hydrogen) atoms. The molecule has 10 heteroatoms. The minimum absolute atomic E-state index is 0. The second-order valence-corrected chi connectivity index (χ2v) is 27.0. The molecule has 12 aromatic carbocycles. The van der Waals surface area contributed by atoms with Gasteiger partial charge in [-0.1, -0.05) is 210 Å². The Kier molecular flexibility index (Phi) is 30.0. The van der Waals surface area contributed by atoms with Crippen LogP contribution in [0, 0.1) is 71.9 Å². The van der Waals surface area contributed by atoms with Crippen LogP contribution in [0.2, 0.25) is 0 Å². The average Bonchev–Trinajstić information content (AvgIpc) is 0.842. The Labute approximate surface area is 679 Å². The van der Waals surface area contributed by atoms with Gasteiger partial charge in [-0.15, -0.1) is 177 Å². The van der Waals surface area contributed by atoms with Crippen molar-refractivity contribution in [1.29, 1.82) is 0 Å². The second-order valence-electron chi connectivity index (χ2n) is 27.0. The van der Waals surface area contributed by atoms with Crippen molar-refractivity contribution < 1.29 is 50.4 Å². The molecule has 0 saturated heterocycles. The summed E-state index contributed by atoms with van der Waals surface area (Å²) in [5, 5.41) is 31.5. The maximum Gasteiger partial charge on any atom is 3.00 e. The first-order chi connectivity index (χ1) is 53.2. The second kappa shape index (κ2) is 40.7. The predicted molar refractivity (Wildman–Crippen MR) is 454 cm³/mol. The number of aliphatic hydroxyl groups excluding tert-OH is 2. The number of aromatic nitrogens is 6. The van der Waals surface area contributed by atoms with Crippen LogP contribution in [0.15, 0.2) is 334 Å². The fraction of sp³-hybridized carbons (Fsp3) is 0.109. The van der Waals surface area contributed by atoms with Gasteiger partial charge in [0, 0.05) is 68.2 Å². The van der Waals surface area contributed by atoms with Crippen LogP contribution < -0.4 is 0 Å². The summed E-state index contributed by atoms with van der Waals surface area (Å²) in [4.78, 5) is 26.9. The smallest absolute Gasteiger partial charge is 0.393 e. The Morgan fingerprint density at radius 3 is 0.622 bits per heavy atom. The Hall–Kier alpha value is -11.7. The van der Waals surface area contributed by atoms with E-state index in [1.165, 1.54) is 104 Å². The summed E-state index contributed by atoms with van der Waals surface area (Å²) in [6.45, 7) is 15.7. The molecule has 551 valence electrons. The monoisotopic (exact) mass is 1800 g/mol. The molecule has 0 fully saturated rings. The van der Waals surface area contributed by atoms with Gasteiger partial charge < -0.3 is 35.1 Å². The van der Waals surface area contributed by atoms with E-state index in [1.807, 2.05) is 165 Å². The zero-order valence-electron chi connectivity index (χ0n) is 63.4. The van der Waals surface area contributed by atoms with E-state index in [4.69, 9.17) is 10.2 Å². The summed E-state index contributed by atoms with van der Waals surface area (Å²) in [6.07, 6.45) is 10.9. The average molecular weight is 1800 g/mol. The number of hydrogen-bond acceptors (Lipinski definition) is 8. The summed E-state index contributed by atoms with van der Waals surface area (Å²) in [5.41, 5.74) is 19.8. The van der Waals surface area contributed by atoms with Crippen LogP contribution in [0.3, 0.4) is 0 Å². The Morgan fingerprint density at radius 1 is 0.243 bits per heavy atom. The largest absolute Gasteiger partial charge is 3.00 e. The molecule has 0 aliphatic rings. The number of fused-ring (bicyclic) bond motifs is 6. The van der Waals surface area contributed by atoms with Crippen LogP contribution in [-0.4, -0.2) is 52.3 Å². The molecule has 2 N–H and O–H groups in total. The molecule has 0 amide bonds. The minimum Gasteiger partial charge on any atom is -0.393 e. The van der Waals surface area contributed by atoms with Crippen molar-refractivity contribution in [2.45, 2.75) is 74.0 Å². The molecule has 2 unspecified atom stereocenters. The molecule has 8 nitrogen and oxygen atoms in total. The van der Waals surface area contributed by atoms with Gasteiger partial charge in [0.15, 0.2) is 0 Å². The molecular weight excluding hydrogens is 1710 g/mol. The molecule has 0 aliphatic carbocycles. The van der Waals surface area contributed by atoms with E-state index in [9.17, 15) is 0 Å². The first-order valence-corrected chi connectivity index (χ1v) is 36.6. The van der Waals surface area contributed by atoms with Gasteiger partial charge in [-0.05, 0) is 151 Å². The zero-order valence-corrected chi connectivity index (χ0v) is 68.2. The zero-order chi connectivity index (χ0) is 75.9. The Bertz CT molecular complexity index is 4990. The van der Waals surface area contributed by atoms with Gasteiger partial charge in [0.25, 0.3) is 0 Å². The molecule has 0 spiro atoms. The first kappa shape index (κ1) is 81.8. The summed E-state index contributed by atoms with van der Waals surface area (Å²) in [7, 11) is 0. The maximum atomic E-state index is 8.56. The van der Waals surface area contributed by atoms with Crippen molar-refractivity contribution in [2.24, 2.45) is 0 Å². The number of aryl methyl sites for hydroxylation is 6. The van der Waals surface area contributed by atoms with Crippen molar-refractivity contribution in [2.75, 3.05) is 0 Å². The number of pyridine rings is 6. The Balaban J connectivity index is 0.000000139. The standard InChI is InChI=1S/C16H13N.5C16H12N.C5H12O2.2Ir/c6*1-12-6-8-14(9-7-12)16-15-5-3-2-4-13(15)10-11-17-16;1-4(6)3-5(2)7;;/h2-11H,1H3;5*2-8,10-11H,1H3;4-7H,3H2,1-2H3;;/q;5*-1;;;+3. The van der Waals surface area contributed by atoms with E-state index < -0.39 is 0 Å². The molecule has 2 atom stereocenters. The number of nitrogens with zero attached hydrogens (tertiary/aromatic N) is 6. The number of aliphatic hydroxyl groups is 2. The summed E-state index contributed by atoms with van der Waals surface area (Å²) < 4.78 is 0. The maximum absolute atomic E-state index is 8.56. The first-order valence-electron chi connectivity index (χ1n) is 36.6. The summed E-state index contributed by atoms with van der Waals surface area (Å²) >= 11 is 0. The van der Waals surface area contributed by atoms with Crippen molar-refractivity contribution in [1.82, 2.24) is 29.9 Å². The molecule has 0 aliphatic heterocycles. The molecular formula is C101H85Ir2N6O2-2. The summed E-state index contributed by atoms with van der Waals surface area (Å²) in [6, 6.07) is 118. The predicted octanol–water partition coefficient (Wildman–Crippen LogP) is 24.4. The molecule has 0 bridgehead atoms. The minimum atomic E-state index is -0.375. The molecule has 18 aromatic rings. The van der Waals surface area contributed by atoms with Crippen LogP contribution in [0.1, 0.15) is 53.6 Å². The van der Waals surface area contributed by atoms with Gasteiger partial charge in [-0.3, -0.25) is 4.98 Å². The van der Waals surface area contributed by atoms with Crippen LogP contribution >= 0.6 is 0 Å². The summed E-state index contributed by atoms with van der Waals surface area (Å²) in [5.74, 6) is 0. The van der Waals surface area contributed by atoms with Crippen LogP contribution in [0.4, 0.5) is 0 Å². The molecule has 18 rings (SSSR count). The fourth-order valence-corrected chi connectivity index (χ4v) is 12.5. The van der Waals surface area contributed by atoms with Crippen molar-refractivity contribution >= 4 is 64.6 Å². The number of rotatable bonds is 8. The van der Waals surface area contributed by atoms with Gasteiger partial charge in [0.2, 0.25) is 0 Å². The van der Waals surface area contributed by atoms with E-state index in [0.717, 1.165) is 62.0 Å². The third kappa shape index (κ3) is 22.3. The molecule has 0 saturated carbocycles. The van der Waals surface area contributed by atoms with Gasteiger partial charge in [0.05, 0.1) is 17.9 Å². The quantitative estimate of drug-likeness (QED) is 0.145. The van der Waals surface area contributed by atoms with E-state index >= 15 is 0 Å². The molecule has 1 radical (unpaired) electrons. The normalized spacial score (nSPS) is 11.0. The van der Waals surface area contributed by atoms with Crippen LogP contribution in [-0.2, 0) is 40.2 Å². The molecule has 6 heterocycles. The van der Waals surface area contributed by atoms with Gasteiger partial charge in [-0.25, -0.2) is 0 Å². The molecule has 6 aromatic heterocycles.